The monoisotopic (exact) mass is 282 g/mol. The van der Waals surface area contributed by atoms with Crippen molar-refractivity contribution in [1.29, 1.82) is 0 Å². The Morgan fingerprint density at radius 2 is 2.29 bits per heavy atom. The van der Waals surface area contributed by atoms with E-state index < -0.39 is 0 Å². The fourth-order valence-corrected chi connectivity index (χ4v) is 3.16. The zero-order chi connectivity index (χ0) is 14.2. The zero-order valence-corrected chi connectivity index (χ0v) is 12.1. The Hall–Kier alpha value is -2.14. The fourth-order valence-electron chi connectivity index (χ4n) is 3.16. The molecule has 5 nitrogen and oxygen atoms in total. The number of hydrogen-bond donors (Lipinski definition) is 0. The van der Waals surface area contributed by atoms with Crippen LogP contribution in [0, 0.1) is 5.92 Å². The summed E-state index contributed by atoms with van der Waals surface area (Å²) in [6.07, 6.45) is 4.74. The minimum Gasteiger partial charge on any atom is -0.461 e. The number of imidazole rings is 1. The molecule has 1 atom stereocenters. The van der Waals surface area contributed by atoms with E-state index in [1.54, 1.807) is 6.26 Å². The molecule has 3 aromatic heterocycles. The quantitative estimate of drug-likeness (QED) is 0.741. The van der Waals surface area contributed by atoms with Crippen molar-refractivity contribution < 1.29 is 4.42 Å². The molecule has 0 aliphatic carbocycles. The normalized spacial score (nSPS) is 19.6. The van der Waals surface area contributed by atoms with Crippen LogP contribution < -0.4 is 0 Å². The van der Waals surface area contributed by atoms with E-state index in [1.165, 1.54) is 13.0 Å². The molecule has 1 aliphatic rings. The molecule has 3 aromatic rings. The van der Waals surface area contributed by atoms with Crippen LogP contribution in [0.1, 0.15) is 6.42 Å². The Labute approximate surface area is 123 Å². The van der Waals surface area contributed by atoms with Crippen LogP contribution in [0.2, 0.25) is 0 Å². The van der Waals surface area contributed by atoms with Gasteiger partial charge < -0.3 is 13.9 Å². The van der Waals surface area contributed by atoms with Gasteiger partial charge in [-0.2, -0.15) is 0 Å². The van der Waals surface area contributed by atoms with Crippen molar-refractivity contribution >= 4 is 11.2 Å². The Bertz CT molecular complexity index is 747. The van der Waals surface area contributed by atoms with Gasteiger partial charge in [-0.3, -0.25) is 0 Å². The van der Waals surface area contributed by atoms with E-state index in [2.05, 4.69) is 21.5 Å². The van der Waals surface area contributed by atoms with Gasteiger partial charge in [-0.25, -0.2) is 9.97 Å². The zero-order valence-electron chi connectivity index (χ0n) is 12.1. The number of rotatable bonds is 3. The van der Waals surface area contributed by atoms with E-state index in [0.29, 0.717) is 5.92 Å². The minimum absolute atomic E-state index is 0.642. The van der Waals surface area contributed by atoms with Gasteiger partial charge in [-0.15, -0.1) is 0 Å². The summed E-state index contributed by atoms with van der Waals surface area (Å²) < 4.78 is 7.76. The molecule has 108 valence electrons. The molecular formula is C16H18N4O. The van der Waals surface area contributed by atoms with Gasteiger partial charge in [0.2, 0.25) is 0 Å². The van der Waals surface area contributed by atoms with Crippen molar-refractivity contribution in [3.05, 3.63) is 36.7 Å². The molecule has 4 rings (SSSR count). The number of likely N-dealkylation sites (tertiary alicyclic amines) is 1. The Balaban J connectivity index is 1.79. The van der Waals surface area contributed by atoms with E-state index in [4.69, 9.17) is 9.40 Å². The molecule has 5 heteroatoms. The number of nitrogens with zero attached hydrogens (tertiary/aromatic N) is 4. The van der Waals surface area contributed by atoms with E-state index in [1.807, 2.05) is 30.5 Å². The lowest BCUT2D eigenvalue weighted by Crippen LogP contribution is -2.17. The predicted molar refractivity (Wildman–Crippen MR) is 80.8 cm³/mol. The SMILES string of the molecule is CN1CCC(Cn2c(-c3ccco3)nc3cccnc32)C1. The second-order valence-electron chi connectivity index (χ2n) is 5.79. The van der Waals surface area contributed by atoms with Crippen molar-refractivity contribution in [3.63, 3.8) is 0 Å². The summed E-state index contributed by atoms with van der Waals surface area (Å²) in [6.45, 7) is 3.23. The lowest BCUT2D eigenvalue weighted by Gasteiger charge is -2.13. The van der Waals surface area contributed by atoms with Crippen LogP contribution >= 0.6 is 0 Å². The van der Waals surface area contributed by atoms with Crippen LogP contribution in [0.4, 0.5) is 0 Å². The number of hydrogen-bond acceptors (Lipinski definition) is 4. The molecule has 21 heavy (non-hydrogen) atoms. The van der Waals surface area contributed by atoms with Crippen molar-refractivity contribution in [1.82, 2.24) is 19.4 Å². The maximum absolute atomic E-state index is 5.55. The molecule has 4 heterocycles. The molecule has 1 fully saturated rings. The van der Waals surface area contributed by atoms with Crippen LogP contribution in [0.3, 0.4) is 0 Å². The molecule has 0 amide bonds. The van der Waals surface area contributed by atoms with Gasteiger partial charge in [0.25, 0.3) is 0 Å². The first-order valence-corrected chi connectivity index (χ1v) is 7.35. The highest BCUT2D eigenvalue weighted by molar-refractivity contribution is 5.75. The lowest BCUT2D eigenvalue weighted by atomic mass is 10.1. The molecular weight excluding hydrogens is 264 g/mol. The summed E-state index contributed by atoms with van der Waals surface area (Å²) in [5.41, 5.74) is 1.87. The minimum atomic E-state index is 0.642. The number of fused-ring (bicyclic) bond motifs is 1. The summed E-state index contributed by atoms with van der Waals surface area (Å²) in [6, 6.07) is 7.79. The highest BCUT2D eigenvalue weighted by Crippen LogP contribution is 2.27. The van der Waals surface area contributed by atoms with Gasteiger partial charge in [0, 0.05) is 19.3 Å². The maximum atomic E-state index is 5.55. The molecule has 0 N–H and O–H groups in total. The Kier molecular flexibility index (Phi) is 3.00. The standard InChI is InChI=1S/C16H18N4O/c1-19-8-6-12(10-19)11-20-15-13(4-2-7-17-15)18-16(20)14-5-3-9-21-14/h2-5,7,9,12H,6,8,10-11H2,1H3. The molecule has 0 bridgehead atoms. The third kappa shape index (κ3) is 2.23. The molecule has 1 saturated heterocycles. The molecule has 1 unspecified atom stereocenters. The van der Waals surface area contributed by atoms with Crippen LogP contribution in [0.25, 0.3) is 22.7 Å². The van der Waals surface area contributed by atoms with Gasteiger partial charge >= 0.3 is 0 Å². The summed E-state index contributed by atoms with van der Waals surface area (Å²) in [4.78, 5) is 11.6. The average Bonchev–Trinajstić information content (AvgIpc) is 3.20. The first kappa shape index (κ1) is 12.6. The highest BCUT2D eigenvalue weighted by Gasteiger charge is 2.23. The van der Waals surface area contributed by atoms with Gasteiger partial charge in [0.05, 0.1) is 6.26 Å². The van der Waals surface area contributed by atoms with Crippen molar-refractivity contribution in [3.8, 4) is 11.6 Å². The van der Waals surface area contributed by atoms with Crippen LogP contribution in [0.15, 0.2) is 41.1 Å². The molecule has 0 saturated carbocycles. The number of pyridine rings is 1. The molecule has 0 radical (unpaired) electrons. The van der Waals surface area contributed by atoms with Gasteiger partial charge in [-0.1, -0.05) is 0 Å². The van der Waals surface area contributed by atoms with Crippen LogP contribution in [-0.2, 0) is 6.54 Å². The number of aromatic nitrogens is 3. The summed E-state index contributed by atoms with van der Waals surface area (Å²) in [7, 11) is 2.18. The van der Waals surface area contributed by atoms with E-state index in [9.17, 15) is 0 Å². The number of furan rings is 1. The molecule has 1 aliphatic heterocycles. The summed E-state index contributed by atoms with van der Waals surface area (Å²) in [5, 5.41) is 0. The van der Waals surface area contributed by atoms with E-state index in [0.717, 1.165) is 35.8 Å². The van der Waals surface area contributed by atoms with Crippen molar-refractivity contribution in [2.45, 2.75) is 13.0 Å². The third-order valence-electron chi connectivity index (χ3n) is 4.18. The van der Waals surface area contributed by atoms with E-state index in [-0.39, 0.29) is 0 Å². The maximum Gasteiger partial charge on any atom is 0.178 e. The Morgan fingerprint density at radius 1 is 1.33 bits per heavy atom. The predicted octanol–water partition coefficient (Wildman–Crippen LogP) is 2.64. The average molecular weight is 282 g/mol. The van der Waals surface area contributed by atoms with Crippen molar-refractivity contribution in [2.24, 2.45) is 5.92 Å². The van der Waals surface area contributed by atoms with Gasteiger partial charge in [0.1, 0.15) is 5.52 Å². The molecule has 0 spiro atoms. The first-order valence-electron chi connectivity index (χ1n) is 7.35. The molecule has 0 aromatic carbocycles. The Morgan fingerprint density at radius 3 is 3.05 bits per heavy atom. The fraction of sp³-hybridized carbons (Fsp3) is 0.375. The largest absolute Gasteiger partial charge is 0.461 e. The van der Waals surface area contributed by atoms with Crippen molar-refractivity contribution in [2.75, 3.05) is 20.1 Å². The van der Waals surface area contributed by atoms with Crippen LogP contribution in [-0.4, -0.2) is 39.6 Å². The first-order chi connectivity index (χ1) is 10.3. The topological polar surface area (TPSA) is 47.1 Å². The van der Waals surface area contributed by atoms with E-state index >= 15 is 0 Å². The van der Waals surface area contributed by atoms with Gasteiger partial charge in [0.15, 0.2) is 17.2 Å². The second-order valence-corrected chi connectivity index (χ2v) is 5.79. The highest BCUT2D eigenvalue weighted by atomic mass is 16.3. The van der Waals surface area contributed by atoms with Gasteiger partial charge in [-0.05, 0) is 50.2 Å². The smallest absolute Gasteiger partial charge is 0.178 e. The van der Waals surface area contributed by atoms with Crippen LogP contribution in [0.5, 0.6) is 0 Å². The lowest BCUT2D eigenvalue weighted by molar-refractivity contribution is 0.379. The second kappa shape index (κ2) is 5.00. The third-order valence-corrected chi connectivity index (χ3v) is 4.18. The summed E-state index contributed by atoms with van der Waals surface area (Å²) in [5.74, 6) is 2.32. The summed E-state index contributed by atoms with van der Waals surface area (Å²) >= 11 is 0.